The molecule has 3 N–H and O–H groups in total. The third-order valence-electron chi connectivity index (χ3n) is 2.48. The molecule has 0 unspecified atom stereocenters. The van der Waals surface area contributed by atoms with E-state index >= 15 is 0 Å². The molecule has 1 rings (SSSR count). The van der Waals surface area contributed by atoms with Gasteiger partial charge in [-0.3, -0.25) is 0 Å². The van der Waals surface area contributed by atoms with Crippen molar-refractivity contribution >= 4 is 31.9 Å². The molecule has 8 nitrogen and oxygen atoms in total. The van der Waals surface area contributed by atoms with E-state index in [1.54, 1.807) is 0 Å². The minimum atomic E-state index is -4.03. The third-order valence-corrected chi connectivity index (χ3v) is 4.86. The third kappa shape index (κ3) is 4.30. The predicted molar refractivity (Wildman–Crippen MR) is 76.1 cm³/mol. The van der Waals surface area contributed by atoms with Crippen molar-refractivity contribution in [3.63, 3.8) is 0 Å². The molecule has 118 valence electrons. The molecule has 0 amide bonds. The monoisotopic (exact) mass is 383 g/mol. The van der Waals surface area contributed by atoms with Gasteiger partial charge < -0.3 is 19.7 Å². The number of nitrogens with one attached hydrogen (secondary N) is 1. The molecule has 0 saturated heterocycles. The lowest BCUT2D eigenvalue weighted by atomic mass is 10.3. The Morgan fingerprint density at radius 2 is 1.86 bits per heavy atom. The van der Waals surface area contributed by atoms with Crippen LogP contribution in [0.5, 0.6) is 11.5 Å². The van der Waals surface area contributed by atoms with Crippen molar-refractivity contribution in [3.8, 4) is 11.5 Å². The Kier molecular flexibility index (Phi) is 5.96. The van der Waals surface area contributed by atoms with Crippen LogP contribution in [-0.2, 0) is 14.8 Å². The number of hydrogen-bond donors (Lipinski definition) is 3. The topological polar surface area (TPSA) is 122 Å². The zero-order valence-corrected chi connectivity index (χ0v) is 13.6. The van der Waals surface area contributed by atoms with E-state index in [0.29, 0.717) is 5.75 Å². The number of carbonyl (C=O) groups is 1. The van der Waals surface area contributed by atoms with E-state index < -0.39 is 28.6 Å². The number of aliphatic hydroxyl groups excluding tert-OH is 1. The van der Waals surface area contributed by atoms with Gasteiger partial charge in [0.1, 0.15) is 4.90 Å². The van der Waals surface area contributed by atoms with Crippen LogP contribution in [0.3, 0.4) is 0 Å². The van der Waals surface area contributed by atoms with Crippen LogP contribution in [0.1, 0.15) is 0 Å². The number of benzene rings is 1. The second kappa shape index (κ2) is 7.07. The fraction of sp³-hybridized carbons (Fsp3) is 0.364. The number of sulfonamides is 1. The van der Waals surface area contributed by atoms with Crippen molar-refractivity contribution in [1.82, 2.24) is 4.72 Å². The summed E-state index contributed by atoms with van der Waals surface area (Å²) in [5, 5.41) is 17.6. The molecule has 0 aliphatic carbocycles. The number of rotatable bonds is 7. The Morgan fingerprint density at radius 3 is 2.33 bits per heavy atom. The van der Waals surface area contributed by atoms with Crippen molar-refractivity contribution in [2.45, 2.75) is 11.0 Å². The number of methoxy groups -OCH3 is 2. The molecule has 0 fully saturated rings. The largest absolute Gasteiger partial charge is 0.493 e. The lowest BCUT2D eigenvalue weighted by Gasteiger charge is -2.13. The Bertz CT molecular complexity index is 632. The Labute approximate surface area is 129 Å². The highest BCUT2D eigenvalue weighted by atomic mass is 79.9. The van der Waals surface area contributed by atoms with Crippen LogP contribution in [0.4, 0.5) is 0 Å². The number of carboxylic acid groups (broad SMARTS) is 1. The van der Waals surface area contributed by atoms with Crippen molar-refractivity contribution < 1.29 is 32.9 Å². The first-order valence-corrected chi connectivity index (χ1v) is 7.82. The summed E-state index contributed by atoms with van der Waals surface area (Å²) in [5.41, 5.74) is 0. The van der Waals surface area contributed by atoms with Gasteiger partial charge in [0.05, 0.1) is 14.2 Å². The summed E-state index contributed by atoms with van der Waals surface area (Å²) < 4.78 is 36.5. The molecule has 0 spiro atoms. The van der Waals surface area contributed by atoms with Crippen LogP contribution >= 0.6 is 15.9 Å². The van der Waals surface area contributed by atoms with Gasteiger partial charge in [-0.1, -0.05) is 0 Å². The van der Waals surface area contributed by atoms with E-state index in [2.05, 4.69) is 15.9 Å². The van der Waals surface area contributed by atoms with Crippen molar-refractivity contribution in [1.29, 1.82) is 0 Å². The van der Waals surface area contributed by atoms with Crippen LogP contribution in [0.15, 0.2) is 21.5 Å². The second-order valence-electron chi connectivity index (χ2n) is 3.84. The molecule has 0 aromatic heterocycles. The molecule has 0 aliphatic rings. The molecule has 0 saturated carbocycles. The maximum Gasteiger partial charge on any atom is 0.333 e. The lowest BCUT2D eigenvalue weighted by Crippen LogP contribution is -2.36. The number of hydrogen-bond acceptors (Lipinski definition) is 6. The number of halogens is 1. The summed E-state index contributed by atoms with van der Waals surface area (Å²) in [4.78, 5) is 10.3. The van der Waals surface area contributed by atoms with E-state index in [1.165, 1.54) is 26.4 Å². The van der Waals surface area contributed by atoms with Gasteiger partial charge in [-0.2, -0.15) is 0 Å². The van der Waals surface area contributed by atoms with E-state index in [0.717, 1.165) is 0 Å². The van der Waals surface area contributed by atoms with Crippen LogP contribution in [0.25, 0.3) is 0 Å². The fourth-order valence-corrected chi connectivity index (χ4v) is 3.47. The minimum absolute atomic E-state index is 0.169. The maximum atomic E-state index is 12.1. The zero-order chi connectivity index (χ0) is 16.2. The standard InChI is InChI=1S/C11H14BrNO7S/c1-19-8-3-6(12)10(4-9(8)20-2)21(17,18)13-5-7(14)11(15)16/h3-4,7,13-14H,5H2,1-2H3,(H,15,16)/t7-/m0/s1. The molecule has 0 heterocycles. The number of aliphatic carboxylic acids is 1. The van der Waals surface area contributed by atoms with E-state index in [4.69, 9.17) is 19.7 Å². The first-order chi connectivity index (χ1) is 9.72. The van der Waals surface area contributed by atoms with Crippen LogP contribution in [0, 0.1) is 0 Å². The van der Waals surface area contributed by atoms with Crippen LogP contribution < -0.4 is 14.2 Å². The minimum Gasteiger partial charge on any atom is -0.493 e. The summed E-state index contributed by atoms with van der Waals surface area (Å²) in [6.45, 7) is -0.654. The molecule has 0 radical (unpaired) electrons. The quantitative estimate of drug-likeness (QED) is 0.614. The average Bonchev–Trinajstić information content (AvgIpc) is 2.43. The molecule has 0 bridgehead atoms. The Hall–Kier alpha value is -1.36. The van der Waals surface area contributed by atoms with Gasteiger partial charge in [0.15, 0.2) is 17.6 Å². The highest BCUT2D eigenvalue weighted by Gasteiger charge is 2.23. The Balaban J connectivity index is 3.11. The summed E-state index contributed by atoms with van der Waals surface area (Å²) in [5.74, 6) is -1.00. The van der Waals surface area contributed by atoms with Crippen molar-refractivity contribution in [3.05, 3.63) is 16.6 Å². The molecule has 1 aromatic rings. The molecular formula is C11H14BrNO7S. The summed E-state index contributed by atoms with van der Waals surface area (Å²) in [6.07, 6.45) is -1.83. The van der Waals surface area contributed by atoms with Gasteiger partial charge in [-0.15, -0.1) is 0 Å². The van der Waals surface area contributed by atoms with Crippen molar-refractivity contribution in [2.24, 2.45) is 0 Å². The summed E-state index contributed by atoms with van der Waals surface area (Å²) >= 11 is 3.09. The van der Waals surface area contributed by atoms with E-state index in [1.807, 2.05) is 4.72 Å². The second-order valence-corrected chi connectivity index (χ2v) is 6.43. The lowest BCUT2D eigenvalue weighted by molar-refractivity contribution is -0.146. The molecule has 0 aliphatic heterocycles. The molecule has 21 heavy (non-hydrogen) atoms. The van der Waals surface area contributed by atoms with Gasteiger partial charge in [0.2, 0.25) is 10.0 Å². The molecular weight excluding hydrogens is 370 g/mol. The molecule has 10 heteroatoms. The average molecular weight is 384 g/mol. The summed E-state index contributed by atoms with van der Waals surface area (Å²) in [7, 11) is -1.28. The smallest absolute Gasteiger partial charge is 0.333 e. The highest BCUT2D eigenvalue weighted by Crippen LogP contribution is 2.35. The zero-order valence-electron chi connectivity index (χ0n) is 11.2. The van der Waals surface area contributed by atoms with Crippen molar-refractivity contribution in [2.75, 3.05) is 20.8 Å². The number of carboxylic acids is 1. The fourth-order valence-electron chi connectivity index (χ4n) is 1.40. The van der Waals surface area contributed by atoms with Gasteiger partial charge in [-0.05, 0) is 22.0 Å². The van der Waals surface area contributed by atoms with Gasteiger partial charge in [-0.25, -0.2) is 17.9 Å². The summed E-state index contributed by atoms with van der Waals surface area (Å²) in [6, 6.07) is 2.62. The first-order valence-electron chi connectivity index (χ1n) is 5.55. The van der Waals surface area contributed by atoms with E-state index in [9.17, 15) is 13.2 Å². The predicted octanol–water partition coefficient (Wildman–Crippen LogP) is 0.190. The number of ether oxygens (including phenoxy) is 2. The van der Waals surface area contributed by atoms with Gasteiger partial charge >= 0.3 is 5.97 Å². The van der Waals surface area contributed by atoms with Gasteiger partial charge in [0.25, 0.3) is 0 Å². The highest BCUT2D eigenvalue weighted by molar-refractivity contribution is 9.10. The van der Waals surface area contributed by atoms with Crippen LogP contribution in [-0.4, -0.2) is 51.5 Å². The molecule has 1 aromatic carbocycles. The molecule has 1 atom stereocenters. The number of aliphatic hydroxyl groups is 1. The van der Waals surface area contributed by atoms with E-state index in [-0.39, 0.29) is 15.1 Å². The SMILES string of the molecule is COc1cc(Br)c(S(=O)(=O)NC[C@H](O)C(=O)O)cc1OC. The van der Waals surface area contributed by atoms with Gasteiger partial charge in [0, 0.05) is 17.1 Å². The van der Waals surface area contributed by atoms with Crippen LogP contribution in [0.2, 0.25) is 0 Å². The first kappa shape index (κ1) is 17.7. The normalized spacial score (nSPS) is 12.8. The maximum absolute atomic E-state index is 12.1. The Morgan fingerprint density at radius 1 is 1.33 bits per heavy atom.